The van der Waals surface area contributed by atoms with Gasteiger partial charge in [-0.05, 0) is 44.0 Å². The van der Waals surface area contributed by atoms with Crippen molar-refractivity contribution in [1.29, 1.82) is 5.26 Å². The van der Waals surface area contributed by atoms with Crippen molar-refractivity contribution >= 4 is 22.9 Å². The smallest absolute Gasteiger partial charge is 0.262 e. The summed E-state index contributed by atoms with van der Waals surface area (Å²) < 4.78 is 2.25. The molecule has 3 aromatic carbocycles. The number of benzene rings is 3. The number of hydrogen-bond acceptors (Lipinski definition) is 2. The van der Waals surface area contributed by atoms with Crippen LogP contribution in [0.4, 0.5) is 0 Å². The zero-order valence-electron chi connectivity index (χ0n) is 19.2. The van der Waals surface area contributed by atoms with Gasteiger partial charge in [0.15, 0.2) is 0 Å². The van der Waals surface area contributed by atoms with E-state index in [0.717, 1.165) is 34.3 Å². The van der Waals surface area contributed by atoms with E-state index in [1.165, 1.54) is 11.1 Å². The number of nitrogens with zero attached hydrogens (tertiary/aromatic N) is 2. The molecule has 4 aromatic rings. The Morgan fingerprint density at radius 1 is 1.03 bits per heavy atom. The lowest BCUT2D eigenvalue weighted by atomic mass is 10.1. The van der Waals surface area contributed by atoms with Crippen molar-refractivity contribution in [3.63, 3.8) is 0 Å². The average Bonchev–Trinajstić information content (AvgIpc) is 3.08. The number of nitrogens with one attached hydrogen (secondary N) is 1. The lowest BCUT2D eigenvalue weighted by molar-refractivity contribution is -0.117. The van der Waals surface area contributed by atoms with E-state index in [1.54, 1.807) is 6.08 Å². The van der Waals surface area contributed by atoms with Gasteiger partial charge < -0.3 is 9.88 Å². The number of amides is 1. The minimum atomic E-state index is -0.372. The van der Waals surface area contributed by atoms with Gasteiger partial charge in [0.05, 0.1) is 6.04 Å². The van der Waals surface area contributed by atoms with Gasteiger partial charge >= 0.3 is 0 Å². The highest BCUT2D eigenvalue weighted by Gasteiger charge is 2.17. The fourth-order valence-corrected chi connectivity index (χ4v) is 4.23. The van der Waals surface area contributed by atoms with Crippen molar-refractivity contribution in [2.24, 2.45) is 0 Å². The Balaban J connectivity index is 1.70. The highest BCUT2D eigenvalue weighted by Crippen LogP contribution is 2.29. The van der Waals surface area contributed by atoms with Crippen molar-refractivity contribution in [1.82, 2.24) is 9.88 Å². The molecule has 0 bridgehead atoms. The highest BCUT2D eigenvalue weighted by atomic mass is 16.1. The first-order valence-electron chi connectivity index (χ1n) is 11.1. The number of fused-ring (bicyclic) bond motifs is 1. The van der Waals surface area contributed by atoms with Crippen LogP contribution in [0.5, 0.6) is 0 Å². The minimum Gasteiger partial charge on any atom is -0.345 e. The summed E-state index contributed by atoms with van der Waals surface area (Å²) in [5.41, 5.74) is 6.53. The van der Waals surface area contributed by atoms with Crippen LogP contribution >= 0.6 is 0 Å². The summed E-state index contributed by atoms with van der Waals surface area (Å²) in [5, 5.41) is 13.8. The normalized spacial score (nSPS) is 12.4. The second kappa shape index (κ2) is 9.58. The van der Waals surface area contributed by atoms with E-state index >= 15 is 0 Å². The number of aryl methyl sites for hydroxylation is 1. The summed E-state index contributed by atoms with van der Waals surface area (Å²) in [5.74, 6) is -0.372. The summed E-state index contributed by atoms with van der Waals surface area (Å²) in [7, 11) is 0. The number of aromatic nitrogens is 1. The fourth-order valence-electron chi connectivity index (χ4n) is 4.23. The quantitative estimate of drug-likeness (QED) is 0.295. The SMILES string of the molecule is Cc1cccc(Cn2c(C)c(/C=C(\C#N)C(=O)N[C@@H](C)c3ccccc3)c3ccccc32)c1. The zero-order chi connectivity index (χ0) is 23.4. The fraction of sp³-hybridized carbons (Fsp3) is 0.172. The number of carbonyl (C=O) groups excluding carboxylic acids is 1. The van der Waals surface area contributed by atoms with Crippen molar-refractivity contribution in [3.8, 4) is 6.07 Å². The molecule has 1 amide bonds. The third-order valence-electron chi connectivity index (χ3n) is 6.00. The standard InChI is InChI=1S/C29H27N3O/c1-20-10-9-11-23(16-20)19-32-22(3)27(26-14-7-8-15-28(26)32)17-25(18-30)29(33)31-21(2)24-12-5-4-6-13-24/h4-17,21H,19H2,1-3H3,(H,31,33)/b25-17+/t21-/m0/s1. The van der Waals surface area contributed by atoms with Crippen LogP contribution < -0.4 is 5.32 Å². The maximum absolute atomic E-state index is 12.9. The number of hydrogen-bond donors (Lipinski definition) is 1. The lowest BCUT2D eigenvalue weighted by Crippen LogP contribution is -2.27. The Kier molecular flexibility index (Phi) is 6.42. The number of para-hydroxylation sites is 1. The summed E-state index contributed by atoms with van der Waals surface area (Å²) >= 11 is 0. The third kappa shape index (κ3) is 4.73. The van der Waals surface area contributed by atoms with E-state index < -0.39 is 0 Å². The molecule has 4 rings (SSSR count). The Bertz CT molecular complexity index is 1370. The van der Waals surface area contributed by atoms with E-state index in [0.29, 0.717) is 0 Å². The molecule has 0 saturated heterocycles. The van der Waals surface area contributed by atoms with Crippen molar-refractivity contribution in [2.45, 2.75) is 33.4 Å². The molecule has 0 radical (unpaired) electrons. The molecule has 0 fully saturated rings. The van der Waals surface area contributed by atoms with E-state index in [4.69, 9.17) is 0 Å². The van der Waals surface area contributed by atoms with E-state index in [9.17, 15) is 10.1 Å². The van der Waals surface area contributed by atoms with Crippen molar-refractivity contribution in [2.75, 3.05) is 0 Å². The molecule has 1 aromatic heterocycles. The first-order valence-corrected chi connectivity index (χ1v) is 11.1. The first-order chi connectivity index (χ1) is 16.0. The van der Waals surface area contributed by atoms with Crippen LogP contribution in [0.3, 0.4) is 0 Å². The number of rotatable bonds is 6. The first kappa shape index (κ1) is 22.1. The Morgan fingerprint density at radius 3 is 2.48 bits per heavy atom. The molecular formula is C29H27N3O. The second-order valence-electron chi connectivity index (χ2n) is 8.37. The molecule has 0 aliphatic carbocycles. The third-order valence-corrected chi connectivity index (χ3v) is 6.00. The van der Waals surface area contributed by atoms with Crippen LogP contribution in [0.2, 0.25) is 0 Å². The molecule has 164 valence electrons. The lowest BCUT2D eigenvalue weighted by Gasteiger charge is -2.13. The molecule has 0 saturated carbocycles. The van der Waals surface area contributed by atoms with Crippen molar-refractivity contribution < 1.29 is 4.79 Å². The molecule has 1 N–H and O–H groups in total. The molecule has 0 aliphatic rings. The number of nitriles is 1. The summed E-state index contributed by atoms with van der Waals surface area (Å²) in [4.78, 5) is 12.9. The van der Waals surface area contributed by atoms with E-state index in [2.05, 4.69) is 53.2 Å². The number of carbonyl (C=O) groups is 1. The van der Waals surface area contributed by atoms with Crippen LogP contribution in [0.1, 0.15) is 40.9 Å². The molecule has 4 nitrogen and oxygen atoms in total. The van der Waals surface area contributed by atoms with Crippen LogP contribution in [-0.4, -0.2) is 10.5 Å². The molecule has 33 heavy (non-hydrogen) atoms. The molecule has 1 heterocycles. The predicted octanol–water partition coefficient (Wildman–Crippen LogP) is 6.09. The minimum absolute atomic E-state index is 0.0966. The van der Waals surface area contributed by atoms with Gasteiger partial charge in [-0.2, -0.15) is 5.26 Å². The second-order valence-corrected chi connectivity index (χ2v) is 8.37. The molecule has 4 heteroatoms. The average molecular weight is 434 g/mol. The zero-order valence-corrected chi connectivity index (χ0v) is 19.2. The molecule has 0 unspecified atom stereocenters. The molecular weight excluding hydrogens is 406 g/mol. The Morgan fingerprint density at radius 2 is 1.76 bits per heavy atom. The van der Waals surface area contributed by atoms with Gasteiger partial charge in [-0.1, -0.05) is 78.4 Å². The van der Waals surface area contributed by atoms with Gasteiger partial charge in [0.2, 0.25) is 0 Å². The van der Waals surface area contributed by atoms with Gasteiger partial charge in [-0.3, -0.25) is 4.79 Å². The largest absolute Gasteiger partial charge is 0.345 e. The van der Waals surface area contributed by atoms with Gasteiger partial charge in [0.25, 0.3) is 5.91 Å². The Labute approximate surface area is 194 Å². The van der Waals surface area contributed by atoms with Crippen LogP contribution in [0.15, 0.2) is 84.4 Å². The molecule has 0 aliphatic heterocycles. The monoisotopic (exact) mass is 433 g/mol. The topological polar surface area (TPSA) is 57.8 Å². The van der Waals surface area contributed by atoms with Gasteiger partial charge in [-0.25, -0.2) is 0 Å². The van der Waals surface area contributed by atoms with Gasteiger partial charge in [-0.15, -0.1) is 0 Å². The summed E-state index contributed by atoms with van der Waals surface area (Å²) in [6.07, 6.45) is 1.72. The maximum atomic E-state index is 12.9. The molecule has 0 spiro atoms. The van der Waals surface area contributed by atoms with Crippen LogP contribution in [0, 0.1) is 25.2 Å². The predicted molar refractivity (Wildman–Crippen MR) is 134 cm³/mol. The summed E-state index contributed by atoms with van der Waals surface area (Å²) in [6.45, 7) is 6.77. The van der Waals surface area contributed by atoms with E-state index in [-0.39, 0.29) is 17.5 Å². The summed E-state index contributed by atoms with van der Waals surface area (Å²) in [6, 6.07) is 28.2. The van der Waals surface area contributed by atoms with Gasteiger partial charge in [0.1, 0.15) is 11.6 Å². The van der Waals surface area contributed by atoms with E-state index in [1.807, 2.05) is 62.4 Å². The van der Waals surface area contributed by atoms with Crippen LogP contribution in [0.25, 0.3) is 17.0 Å². The maximum Gasteiger partial charge on any atom is 0.262 e. The highest BCUT2D eigenvalue weighted by molar-refractivity contribution is 6.04. The van der Waals surface area contributed by atoms with Crippen LogP contribution in [-0.2, 0) is 11.3 Å². The van der Waals surface area contributed by atoms with Gasteiger partial charge in [0, 0.05) is 28.7 Å². The molecule has 1 atom stereocenters. The van der Waals surface area contributed by atoms with Crippen molar-refractivity contribution in [3.05, 3.63) is 112 Å². The Hall–Kier alpha value is -4.10.